The highest BCUT2D eigenvalue weighted by Crippen LogP contribution is 2.20. The third-order valence-corrected chi connectivity index (χ3v) is 3.25. The summed E-state index contributed by atoms with van der Waals surface area (Å²) in [6.07, 6.45) is -1.20. The van der Waals surface area contributed by atoms with E-state index in [9.17, 15) is 14.7 Å². The van der Waals surface area contributed by atoms with Crippen molar-refractivity contribution in [1.29, 1.82) is 0 Å². The van der Waals surface area contributed by atoms with Gasteiger partial charge in [0.25, 0.3) is 0 Å². The fourth-order valence-corrected chi connectivity index (χ4v) is 2.19. The summed E-state index contributed by atoms with van der Waals surface area (Å²) < 4.78 is 9.75. The van der Waals surface area contributed by atoms with E-state index in [2.05, 4.69) is 4.74 Å². The molecule has 108 valence electrons. The van der Waals surface area contributed by atoms with Crippen LogP contribution in [0.5, 0.6) is 0 Å². The molecule has 1 fully saturated rings. The quantitative estimate of drug-likeness (QED) is 0.833. The lowest BCUT2D eigenvalue weighted by Crippen LogP contribution is -2.45. The van der Waals surface area contributed by atoms with E-state index in [0.29, 0.717) is 6.42 Å². The van der Waals surface area contributed by atoms with Gasteiger partial charge in [0.15, 0.2) is 6.04 Å². The number of ether oxygens (including phenoxy) is 2. The van der Waals surface area contributed by atoms with E-state index in [4.69, 9.17) is 4.74 Å². The molecule has 0 spiro atoms. The lowest BCUT2D eigenvalue weighted by atomic mass is 10.2. The Morgan fingerprint density at radius 2 is 2.05 bits per heavy atom. The molecule has 0 saturated carbocycles. The average Bonchev–Trinajstić information content (AvgIpc) is 2.87. The van der Waals surface area contributed by atoms with Crippen molar-refractivity contribution < 1.29 is 24.2 Å². The predicted molar refractivity (Wildman–Crippen MR) is 69.8 cm³/mol. The number of aliphatic hydroxyl groups is 1. The van der Waals surface area contributed by atoms with Crippen LogP contribution >= 0.6 is 0 Å². The lowest BCUT2D eigenvalue weighted by molar-refractivity contribution is -0.148. The Kier molecular flexibility index (Phi) is 4.57. The van der Waals surface area contributed by atoms with Crippen LogP contribution in [0.2, 0.25) is 0 Å². The van der Waals surface area contributed by atoms with Gasteiger partial charge < -0.3 is 14.6 Å². The minimum absolute atomic E-state index is 0.125. The Morgan fingerprint density at radius 3 is 2.70 bits per heavy atom. The molecule has 0 bridgehead atoms. The topological polar surface area (TPSA) is 76.1 Å². The number of carbonyl (C=O) groups excluding carboxylic acids is 2. The molecule has 1 N–H and O–H groups in total. The summed E-state index contributed by atoms with van der Waals surface area (Å²) in [6.45, 7) is 0.398. The number of rotatable bonds is 3. The number of benzene rings is 1. The number of likely N-dealkylation sites (tertiary alicyclic amines) is 1. The van der Waals surface area contributed by atoms with Crippen LogP contribution in [-0.2, 0) is 20.9 Å². The second kappa shape index (κ2) is 6.38. The summed E-state index contributed by atoms with van der Waals surface area (Å²) in [6, 6.07) is 8.26. The van der Waals surface area contributed by atoms with E-state index in [0.717, 1.165) is 5.56 Å². The molecule has 1 amide bonds. The van der Waals surface area contributed by atoms with Crippen molar-refractivity contribution in [3.63, 3.8) is 0 Å². The van der Waals surface area contributed by atoms with Crippen molar-refractivity contribution in [2.75, 3.05) is 13.7 Å². The third-order valence-electron chi connectivity index (χ3n) is 3.25. The van der Waals surface area contributed by atoms with Gasteiger partial charge in [-0.1, -0.05) is 30.3 Å². The first-order valence-electron chi connectivity index (χ1n) is 6.36. The summed E-state index contributed by atoms with van der Waals surface area (Å²) in [5.41, 5.74) is 0.857. The van der Waals surface area contributed by atoms with Crippen LogP contribution in [-0.4, -0.2) is 47.9 Å². The second-order valence-electron chi connectivity index (χ2n) is 4.56. The largest absolute Gasteiger partial charge is 0.467 e. The van der Waals surface area contributed by atoms with Gasteiger partial charge in [-0.3, -0.25) is 4.90 Å². The van der Waals surface area contributed by atoms with Crippen LogP contribution in [0.3, 0.4) is 0 Å². The Bertz CT molecular complexity index is 476. The lowest BCUT2D eigenvalue weighted by Gasteiger charge is -2.23. The maximum Gasteiger partial charge on any atom is 0.410 e. The number of amides is 1. The number of esters is 1. The van der Waals surface area contributed by atoms with E-state index in [1.807, 2.05) is 30.3 Å². The molecule has 2 atom stereocenters. The van der Waals surface area contributed by atoms with E-state index in [1.54, 1.807) is 0 Å². The van der Waals surface area contributed by atoms with E-state index in [1.165, 1.54) is 12.0 Å². The summed E-state index contributed by atoms with van der Waals surface area (Å²) in [4.78, 5) is 24.8. The SMILES string of the molecule is COC(=O)[C@@H]1[C@@H](O)CCN1C(=O)OCc1ccccc1. The average molecular weight is 279 g/mol. The van der Waals surface area contributed by atoms with E-state index >= 15 is 0 Å². The number of hydrogen-bond donors (Lipinski definition) is 1. The fraction of sp³-hybridized carbons (Fsp3) is 0.429. The first-order valence-corrected chi connectivity index (χ1v) is 6.36. The number of hydrogen-bond acceptors (Lipinski definition) is 5. The van der Waals surface area contributed by atoms with Crippen molar-refractivity contribution in [2.24, 2.45) is 0 Å². The van der Waals surface area contributed by atoms with Gasteiger partial charge in [0, 0.05) is 6.54 Å². The van der Waals surface area contributed by atoms with Crippen molar-refractivity contribution in [3.05, 3.63) is 35.9 Å². The Labute approximate surface area is 116 Å². The molecule has 1 aromatic rings. The molecule has 1 aliphatic rings. The molecule has 1 aliphatic heterocycles. The molecule has 20 heavy (non-hydrogen) atoms. The summed E-state index contributed by atoms with van der Waals surface area (Å²) >= 11 is 0. The van der Waals surface area contributed by atoms with Crippen LogP contribution < -0.4 is 0 Å². The minimum Gasteiger partial charge on any atom is -0.467 e. The summed E-state index contributed by atoms with van der Waals surface area (Å²) in [7, 11) is 1.22. The zero-order valence-electron chi connectivity index (χ0n) is 11.2. The second-order valence-corrected chi connectivity index (χ2v) is 4.56. The smallest absolute Gasteiger partial charge is 0.410 e. The highest BCUT2D eigenvalue weighted by molar-refractivity contribution is 5.82. The number of aliphatic hydroxyl groups excluding tert-OH is 1. The molecule has 2 rings (SSSR count). The maximum atomic E-state index is 12.0. The highest BCUT2D eigenvalue weighted by atomic mass is 16.6. The van der Waals surface area contributed by atoms with Crippen LogP contribution in [0.15, 0.2) is 30.3 Å². The first kappa shape index (κ1) is 14.3. The van der Waals surface area contributed by atoms with Crippen LogP contribution in [0.25, 0.3) is 0 Å². The molecular weight excluding hydrogens is 262 g/mol. The van der Waals surface area contributed by atoms with E-state index < -0.39 is 24.2 Å². The predicted octanol–water partition coefficient (Wildman–Crippen LogP) is 0.931. The van der Waals surface area contributed by atoms with Gasteiger partial charge in [0.1, 0.15) is 6.61 Å². The van der Waals surface area contributed by atoms with Gasteiger partial charge in [0.05, 0.1) is 13.2 Å². The molecule has 0 unspecified atom stereocenters. The molecule has 6 nitrogen and oxygen atoms in total. The fourth-order valence-electron chi connectivity index (χ4n) is 2.19. The molecule has 6 heteroatoms. The van der Waals surface area contributed by atoms with Gasteiger partial charge in [-0.05, 0) is 12.0 Å². The zero-order valence-corrected chi connectivity index (χ0v) is 11.2. The van der Waals surface area contributed by atoms with Gasteiger partial charge in [-0.25, -0.2) is 9.59 Å². The third kappa shape index (κ3) is 3.08. The molecule has 1 saturated heterocycles. The van der Waals surface area contributed by atoms with Gasteiger partial charge in [-0.2, -0.15) is 0 Å². The molecule has 0 aliphatic carbocycles. The molecule has 1 heterocycles. The van der Waals surface area contributed by atoms with Crippen molar-refractivity contribution in [1.82, 2.24) is 4.90 Å². The van der Waals surface area contributed by atoms with Crippen LogP contribution in [0, 0.1) is 0 Å². The highest BCUT2D eigenvalue weighted by Gasteiger charge is 2.42. The first-order chi connectivity index (χ1) is 9.63. The molecule has 0 aromatic heterocycles. The van der Waals surface area contributed by atoms with Crippen molar-refractivity contribution >= 4 is 12.1 Å². The molecular formula is C14H17NO5. The van der Waals surface area contributed by atoms with E-state index in [-0.39, 0.29) is 13.2 Å². The van der Waals surface area contributed by atoms with Crippen LogP contribution in [0.1, 0.15) is 12.0 Å². The zero-order chi connectivity index (χ0) is 14.5. The number of nitrogens with zero attached hydrogens (tertiary/aromatic N) is 1. The Hall–Kier alpha value is -2.08. The van der Waals surface area contributed by atoms with Crippen molar-refractivity contribution in [2.45, 2.75) is 25.2 Å². The minimum atomic E-state index is -0.983. The summed E-state index contributed by atoms with van der Waals surface area (Å²) in [5, 5.41) is 9.74. The monoisotopic (exact) mass is 279 g/mol. The molecule has 0 radical (unpaired) electrons. The summed E-state index contributed by atoms with van der Waals surface area (Å²) in [5.74, 6) is -0.633. The van der Waals surface area contributed by atoms with Gasteiger partial charge in [0.2, 0.25) is 0 Å². The Morgan fingerprint density at radius 1 is 1.35 bits per heavy atom. The van der Waals surface area contributed by atoms with Crippen LogP contribution in [0.4, 0.5) is 4.79 Å². The molecule has 1 aromatic carbocycles. The Balaban J connectivity index is 1.96. The standard InChI is InChI=1S/C14H17NO5/c1-19-13(17)12-11(16)7-8-15(12)14(18)20-9-10-5-3-2-4-6-10/h2-6,11-12,16H,7-9H2,1H3/t11-,12-/m0/s1. The number of methoxy groups -OCH3 is 1. The van der Waals surface area contributed by atoms with Gasteiger partial charge in [-0.15, -0.1) is 0 Å². The maximum absolute atomic E-state index is 12.0. The van der Waals surface area contributed by atoms with Gasteiger partial charge >= 0.3 is 12.1 Å². The normalized spacial score (nSPS) is 21.6. The van der Waals surface area contributed by atoms with Crippen molar-refractivity contribution in [3.8, 4) is 0 Å². The number of carbonyl (C=O) groups is 2.